The summed E-state index contributed by atoms with van der Waals surface area (Å²) in [7, 11) is -4.25. The first-order chi connectivity index (χ1) is 8.97. The third kappa shape index (κ3) is 2.06. The Kier molecular flexibility index (Phi) is 2.72. The van der Waals surface area contributed by atoms with Crippen molar-refractivity contribution < 1.29 is 17.8 Å². The summed E-state index contributed by atoms with van der Waals surface area (Å²) in [5.41, 5.74) is 2.84. The van der Waals surface area contributed by atoms with Crippen molar-refractivity contribution in [3.63, 3.8) is 0 Å². The molecule has 1 saturated carbocycles. The highest BCUT2D eigenvalue weighted by Gasteiger charge is 2.29. The van der Waals surface area contributed by atoms with Crippen LogP contribution in [0.3, 0.4) is 0 Å². The minimum Gasteiger partial charge on any atom is -0.321 e. The third-order valence-corrected chi connectivity index (χ3v) is 4.44. The minimum absolute atomic E-state index is 0.181. The molecule has 3 rings (SSSR count). The number of anilines is 1. The van der Waals surface area contributed by atoms with Gasteiger partial charge >= 0.3 is 0 Å². The van der Waals surface area contributed by atoms with E-state index < -0.39 is 10.1 Å². The molecule has 1 fully saturated rings. The van der Waals surface area contributed by atoms with Gasteiger partial charge in [0.15, 0.2) is 0 Å². The molecule has 0 unspecified atom stereocenters. The second kappa shape index (κ2) is 4.18. The number of carbonyl (C=O) groups is 1. The molecule has 1 aromatic carbocycles. The Morgan fingerprint density at radius 1 is 1.16 bits per heavy atom. The van der Waals surface area contributed by atoms with Gasteiger partial charge in [0.05, 0.1) is 4.90 Å². The molecule has 0 saturated heterocycles. The average Bonchev–Trinajstić information content (AvgIpc) is 2.92. The second-order valence-electron chi connectivity index (χ2n) is 4.82. The molecule has 1 amide bonds. The van der Waals surface area contributed by atoms with Crippen molar-refractivity contribution >= 4 is 27.3 Å². The number of fused-ring (bicyclic) bond motifs is 1. The number of carbonyl (C=O) groups excluding carboxylic acids is 1. The Labute approximate surface area is 111 Å². The van der Waals surface area contributed by atoms with Gasteiger partial charge in [-0.2, -0.15) is 8.42 Å². The molecule has 0 aromatic heterocycles. The summed E-state index contributed by atoms with van der Waals surface area (Å²) in [5, 5.41) is 2.73. The summed E-state index contributed by atoms with van der Waals surface area (Å²) in [6.45, 7) is 0. The van der Waals surface area contributed by atoms with Gasteiger partial charge in [0.1, 0.15) is 0 Å². The molecule has 1 aliphatic carbocycles. The van der Waals surface area contributed by atoms with Gasteiger partial charge in [-0.05, 0) is 43.9 Å². The van der Waals surface area contributed by atoms with Crippen molar-refractivity contribution in [3.05, 3.63) is 29.3 Å². The van der Waals surface area contributed by atoms with Crippen LogP contribution in [0.2, 0.25) is 0 Å². The van der Waals surface area contributed by atoms with Crippen molar-refractivity contribution in [2.75, 3.05) is 5.32 Å². The zero-order chi connectivity index (χ0) is 13.6. The number of hydrogen-bond acceptors (Lipinski definition) is 3. The first kappa shape index (κ1) is 12.4. The number of amides is 1. The fourth-order valence-electron chi connectivity index (χ4n) is 2.71. The van der Waals surface area contributed by atoms with E-state index in [4.69, 9.17) is 4.55 Å². The number of benzene rings is 1. The second-order valence-corrected chi connectivity index (χ2v) is 6.24. The SMILES string of the molecule is O=C1Nc2ccc(S(=O)(=O)O)cc2C1=C1CCCC1. The summed E-state index contributed by atoms with van der Waals surface area (Å²) in [5.74, 6) is -0.181. The van der Waals surface area contributed by atoms with Gasteiger partial charge in [-0.25, -0.2) is 0 Å². The first-order valence-electron chi connectivity index (χ1n) is 6.12. The lowest BCUT2D eigenvalue weighted by Crippen LogP contribution is -2.05. The topological polar surface area (TPSA) is 83.5 Å². The zero-order valence-corrected chi connectivity index (χ0v) is 11.0. The molecule has 1 aromatic rings. The molecule has 0 radical (unpaired) electrons. The summed E-state index contributed by atoms with van der Waals surface area (Å²) in [6.07, 6.45) is 3.86. The maximum absolute atomic E-state index is 12.0. The van der Waals surface area contributed by atoms with E-state index in [0.717, 1.165) is 31.3 Å². The van der Waals surface area contributed by atoms with Gasteiger partial charge in [-0.15, -0.1) is 0 Å². The van der Waals surface area contributed by atoms with Gasteiger partial charge in [0.25, 0.3) is 16.0 Å². The molecule has 6 heteroatoms. The van der Waals surface area contributed by atoms with Crippen LogP contribution in [0.1, 0.15) is 31.2 Å². The molecule has 0 spiro atoms. The Morgan fingerprint density at radius 2 is 1.84 bits per heavy atom. The van der Waals surface area contributed by atoms with Gasteiger partial charge in [0.2, 0.25) is 0 Å². The highest BCUT2D eigenvalue weighted by Crippen LogP contribution is 2.40. The Balaban J connectivity index is 2.19. The van der Waals surface area contributed by atoms with Crippen molar-refractivity contribution in [3.8, 4) is 0 Å². The van der Waals surface area contributed by atoms with Crippen LogP contribution in [-0.2, 0) is 14.9 Å². The van der Waals surface area contributed by atoms with E-state index in [1.807, 2.05) is 0 Å². The van der Waals surface area contributed by atoms with E-state index in [9.17, 15) is 13.2 Å². The quantitative estimate of drug-likeness (QED) is 0.610. The summed E-state index contributed by atoms with van der Waals surface area (Å²) < 4.78 is 31.4. The van der Waals surface area contributed by atoms with Gasteiger partial charge in [-0.3, -0.25) is 9.35 Å². The van der Waals surface area contributed by atoms with Crippen LogP contribution in [0.5, 0.6) is 0 Å². The normalized spacial score (nSPS) is 18.7. The Hall–Kier alpha value is -1.66. The van der Waals surface area contributed by atoms with Crippen LogP contribution in [0, 0.1) is 0 Å². The summed E-state index contributed by atoms with van der Waals surface area (Å²) in [4.78, 5) is 11.8. The molecule has 2 N–H and O–H groups in total. The predicted molar refractivity (Wildman–Crippen MR) is 70.3 cm³/mol. The Bertz CT molecular complexity index is 695. The number of nitrogens with one attached hydrogen (secondary N) is 1. The number of rotatable bonds is 1. The minimum atomic E-state index is -4.25. The fraction of sp³-hybridized carbons (Fsp3) is 0.308. The van der Waals surface area contributed by atoms with Gasteiger partial charge < -0.3 is 5.32 Å². The fourth-order valence-corrected chi connectivity index (χ4v) is 3.22. The van der Waals surface area contributed by atoms with Crippen molar-refractivity contribution in [1.29, 1.82) is 0 Å². The monoisotopic (exact) mass is 279 g/mol. The summed E-state index contributed by atoms with van der Waals surface area (Å²) in [6, 6.07) is 4.17. The van der Waals surface area contributed by atoms with E-state index >= 15 is 0 Å². The zero-order valence-electron chi connectivity index (χ0n) is 10.1. The van der Waals surface area contributed by atoms with E-state index in [0.29, 0.717) is 16.8 Å². The van der Waals surface area contributed by atoms with Crippen LogP contribution in [0.4, 0.5) is 5.69 Å². The molecule has 0 bridgehead atoms. The smallest absolute Gasteiger partial charge is 0.294 e. The third-order valence-electron chi connectivity index (χ3n) is 3.59. The maximum Gasteiger partial charge on any atom is 0.294 e. The van der Waals surface area contributed by atoms with E-state index in [1.54, 1.807) is 0 Å². The molecular formula is C13H13NO4S. The lowest BCUT2D eigenvalue weighted by molar-refractivity contribution is -0.110. The number of hydrogen-bond donors (Lipinski definition) is 2. The summed E-state index contributed by atoms with van der Waals surface area (Å²) >= 11 is 0. The highest BCUT2D eigenvalue weighted by molar-refractivity contribution is 7.85. The lowest BCUT2D eigenvalue weighted by atomic mass is 10.00. The van der Waals surface area contributed by atoms with Gasteiger partial charge in [0, 0.05) is 16.8 Å². The van der Waals surface area contributed by atoms with Crippen LogP contribution in [0.25, 0.3) is 5.57 Å². The number of allylic oxidation sites excluding steroid dienone is 1. The largest absolute Gasteiger partial charge is 0.321 e. The molecule has 100 valence electrons. The van der Waals surface area contributed by atoms with Crippen molar-refractivity contribution in [1.82, 2.24) is 0 Å². The van der Waals surface area contributed by atoms with E-state index in [-0.39, 0.29) is 10.8 Å². The van der Waals surface area contributed by atoms with Gasteiger partial charge in [-0.1, -0.05) is 5.57 Å². The van der Waals surface area contributed by atoms with Crippen LogP contribution >= 0.6 is 0 Å². The molecule has 1 heterocycles. The van der Waals surface area contributed by atoms with E-state index in [2.05, 4.69) is 5.32 Å². The maximum atomic E-state index is 12.0. The van der Waals surface area contributed by atoms with Crippen LogP contribution < -0.4 is 5.32 Å². The molecule has 2 aliphatic rings. The lowest BCUT2D eigenvalue weighted by Gasteiger charge is -2.04. The molecule has 0 atom stereocenters. The van der Waals surface area contributed by atoms with Crippen molar-refractivity contribution in [2.24, 2.45) is 0 Å². The highest BCUT2D eigenvalue weighted by atomic mass is 32.2. The molecule has 1 aliphatic heterocycles. The molecule has 19 heavy (non-hydrogen) atoms. The predicted octanol–water partition coefficient (Wildman–Crippen LogP) is 2.21. The standard InChI is InChI=1S/C13H13NO4S/c15-13-12(8-3-1-2-4-8)10-7-9(19(16,17)18)5-6-11(10)14-13/h5-7H,1-4H2,(H,14,15)(H,16,17,18). The van der Waals surface area contributed by atoms with Crippen molar-refractivity contribution in [2.45, 2.75) is 30.6 Å². The molecular weight excluding hydrogens is 266 g/mol. The molecule has 5 nitrogen and oxygen atoms in total. The van der Waals surface area contributed by atoms with Crippen LogP contribution in [-0.4, -0.2) is 18.9 Å². The van der Waals surface area contributed by atoms with E-state index in [1.165, 1.54) is 18.2 Å². The Morgan fingerprint density at radius 3 is 2.47 bits per heavy atom. The first-order valence-corrected chi connectivity index (χ1v) is 7.56. The average molecular weight is 279 g/mol. The van der Waals surface area contributed by atoms with Crippen LogP contribution in [0.15, 0.2) is 28.7 Å².